The molecule has 0 saturated heterocycles. The van der Waals surface area contributed by atoms with E-state index in [0.29, 0.717) is 0 Å². The van der Waals surface area contributed by atoms with Crippen LogP contribution in [-0.2, 0) is 0 Å². The van der Waals surface area contributed by atoms with Crippen molar-refractivity contribution in [3.8, 4) is 6.07 Å². The fourth-order valence-corrected chi connectivity index (χ4v) is 1.02. The normalized spacial score (nSPS) is 14.7. The quantitative estimate of drug-likeness (QED) is 0.387. The van der Waals surface area contributed by atoms with Gasteiger partial charge >= 0.3 is 0 Å². The Morgan fingerprint density at radius 3 is 2.71 bits per heavy atom. The molecule has 1 rings (SSSR count). The molecule has 0 aliphatic heterocycles. The first-order valence-corrected chi connectivity index (χ1v) is 3.91. The van der Waals surface area contributed by atoms with E-state index in [4.69, 9.17) is 16.7 Å². The van der Waals surface area contributed by atoms with Crippen LogP contribution >= 0.6 is 0 Å². The fourth-order valence-electron chi connectivity index (χ4n) is 1.02. The molecular formula is C7H11N5O2. The second-order valence-electron chi connectivity index (χ2n) is 2.76. The molecule has 0 amide bonds. The number of aliphatic hydroxyl groups is 2. The van der Waals surface area contributed by atoms with Crippen LogP contribution in [0.15, 0.2) is 0 Å². The summed E-state index contributed by atoms with van der Waals surface area (Å²) in [6.07, 6.45) is -2.43. The number of hydrogen-bond donors (Lipinski definition) is 5. The fraction of sp³-hybridized carbons (Fsp3) is 0.429. The van der Waals surface area contributed by atoms with Gasteiger partial charge in [0.05, 0.1) is 11.8 Å². The molecule has 2 atom stereocenters. The van der Waals surface area contributed by atoms with E-state index in [1.165, 1.54) is 0 Å². The second-order valence-corrected chi connectivity index (χ2v) is 2.76. The van der Waals surface area contributed by atoms with Crippen LogP contribution in [0.4, 0.5) is 5.82 Å². The molecule has 1 aromatic heterocycles. The molecule has 0 aliphatic rings. The van der Waals surface area contributed by atoms with Crippen molar-refractivity contribution in [3.05, 3.63) is 11.3 Å². The zero-order valence-electron chi connectivity index (χ0n) is 7.31. The average molecular weight is 197 g/mol. The van der Waals surface area contributed by atoms with Crippen molar-refractivity contribution in [2.24, 2.45) is 5.73 Å². The Morgan fingerprint density at radius 2 is 2.21 bits per heavy atom. The van der Waals surface area contributed by atoms with Gasteiger partial charge in [-0.3, -0.25) is 5.10 Å². The summed E-state index contributed by atoms with van der Waals surface area (Å²) in [6, 6.07) is 1.77. The number of nitrogen functional groups attached to an aromatic ring is 1. The lowest BCUT2D eigenvalue weighted by Crippen LogP contribution is -2.27. The van der Waals surface area contributed by atoms with E-state index < -0.39 is 12.2 Å². The number of nitrogens with two attached hydrogens (primary N) is 2. The summed E-state index contributed by atoms with van der Waals surface area (Å²) in [5.41, 5.74) is 10.6. The Bertz CT molecular complexity index is 355. The predicted molar refractivity (Wildman–Crippen MR) is 47.7 cm³/mol. The van der Waals surface area contributed by atoms with Crippen molar-refractivity contribution >= 4 is 5.82 Å². The molecule has 76 valence electrons. The maximum Gasteiger partial charge on any atom is 0.163 e. The van der Waals surface area contributed by atoms with Gasteiger partial charge in [-0.25, -0.2) is 0 Å². The predicted octanol–water partition coefficient (Wildman–Crippen LogP) is -1.78. The number of aromatic nitrogens is 2. The molecule has 0 fully saturated rings. The molecule has 0 radical (unpaired) electrons. The highest BCUT2D eigenvalue weighted by molar-refractivity contribution is 5.51. The van der Waals surface area contributed by atoms with Crippen molar-refractivity contribution in [1.82, 2.24) is 10.2 Å². The number of nitrogens with zero attached hydrogens (tertiary/aromatic N) is 2. The summed E-state index contributed by atoms with van der Waals surface area (Å²) in [5.74, 6) is -0.00854. The Balaban J connectivity index is 3.02. The Hall–Kier alpha value is -1.62. The van der Waals surface area contributed by atoms with Crippen LogP contribution in [0, 0.1) is 11.3 Å². The van der Waals surface area contributed by atoms with E-state index in [-0.39, 0.29) is 23.6 Å². The van der Waals surface area contributed by atoms with E-state index in [0.717, 1.165) is 0 Å². The molecule has 0 aliphatic carbocycles. The second kappa shape index (κ2) is 4.06. The van der Waals surface area contributed by atoms with Crippen LogP contribution in [0.3, 0.4) is 0 Å². The minimum absolute atomic E-state index is 0.00854. The lowest BCUT2D eigenvalue weighted by Gasteiger charge is -2.14. The first-order valence-electron chi connectivity index (χ1n) is 3.91. The van der Waals surface area contributed by atoms with E-state index in [1.807, 2.05) is 0 Å². The van der Waals surface area contributed by atoms with Crippen LogP contribution < -0.4 is 11.5 Å². The molecule has 0 bridgehead atoms. The zero-order valence-corrected chi connectivity index (χ0v) is 7.31. The largest absolute Gasteiger partial charge is 0.389 e. The number of H-pyrrole nitrogens is 1. The number of aliphatic hydroxyl groups excluding tert-OH is 2. The molecule has 7 heteroatoms. The smallest absolute Gasteiger partial charge is 0.163 e. The average Bonchev–Trinajstić information content (AvgIpc) is 2.57. The summed E-state index contributed by atoms with van der Waals surface area (Å²) < 4.78 is 0. The summed E-state index contributed by atoms with van der Waals surface area (Å²) >= 11 is 0. The van der Waals surface area contributed by atoms with Crippen LogP contribution in [0.2, 0.25) is 0 Å². The zero-order chi connectivity index (χ0) is 10.7. The van der Waals surface area contributed by atoms with Crippen molar-refractivity contribution in [2.45, 2.75) is 12.2 Å². The molecule has 1 aromatic rings. The van der Waals surface area contributed by atoms with Gasteiger partial charge < -0.3 is 21.7 Å². The van der Waals surface area contributed by atoms with Gasteiger partial charge in [0.25, 0.3) is 0 Å². The molecule has 14 heavy (non-hydrogen) atoms. The summed E-state index contributed by atoms with van der Waals surface area (Å²) in [5, 5.41) is 33.3. The summed E-state index contributed by atoms with van der Waals surface area (Å²) in [4.78, 5) is 0. The lowest BCUT2D eigenvalue weighted by molar-refractivity contribution is 0.0215. The number of nitrogens with one attached hydrogen (secondary N) is 1. The molecular weight excluding hydrogens is 186 g/mol. The SMILES string of the molecule is N#Cc1c(N)n[nH]c1C(O)C(O)CN. The van der Waals surface area contributed by atoms with Crippen molar-refractivity contribution in [3.63, 3.8) is 0 Å². The molecule has 1 heterocycles. The highest BCUT2D eigenvalue weighted by Crippen LogP contribution is 2.21. The number of rotatable bonds is 3. The summed E-state index contributed by atoms with van der Waals surface area (Å²) in [7, 11) is 0. The number of hydrogen-bond acceptors (Lipinski definition) is 6. The third-order valence-electron chi connectivity index (χ3n) is 1.84. The first-order chi connectivity index (χ1) is 6.61. The maximum absolute atomic E-state index is 9.51. The van der Waals surface area contributed by atoms with Crippen molar-refractivity contribution < 1.29 is 10.2 Å². The van der Waals surface area contributed by atoms with Crippen LogP contribution in [-0.4, -0.2) is 33.1 Å². The highest BCUT2D eigenvalue weighted by atomic mass is 16.3. The van der Waals surface area contributed by atoms with Crippen molar-refractivity contribution in [2.75, 3.05) is 12.3 Å². The Morgan fingerprint density at radius 1 is 1.57 bits per heavy atom. The van der Waals surface area contributed by atoms with E-state index in [9.17, 15) is 10.2 Å². The Labute approximate surface area is 79.9 Å². The third-order valence-corrected chi connectivity index (χ3v) is 1.84. The topological polar surface area (TPSA) is 145 Å². The van der Waals surface area contributed by atoms with Gasteiger partial charge in [-0.15, -0.1) is 0 Å². The van der Waals surface area contributed by atoms with E-state index >= 15 is 0 Å². The molecule has 2 unspecified atom stereocenters. The van der Waals surface area contributed by atoms with Gasteiger partial charge in [0.1, 0.15) is 17.7 Å². The van der Waals surface area contributed by atoms with E-state index in [1.54, 1.807) is 6.07 Å². The van der Waals surface area contributed by atoms with Gasteiger partial charge in [0.15, 0.2) is 5.82 Å². The van der Waals surface area contributed by atoms with Gasteiger partial charge in [-0.2, -0.15) is 10.4 Å². The van der Waals surface area contributed by atoms with Gasteiger partial charge in [-0.1, -0.05) is 0 Å². The number of nitriles is 1. The molecule has 0 aromatic carbocycles. The molecule has 7 N–H and O–H groups in total. The highest BCUT2D eigenvalue weighted by Gasteiger charge is 2.23. The van der Waals surface area contributed by atoms with Crippen LogP contribution in [0.25, 0.3) is 0 Å². The van der Waals surface area contributed by atoms with Crippen molar-refractivity contribution in [1.29, 1.82) is 5.26 Å². The first kappa shape index (κ1) is 10.5. The van der Waals surface area contributed by atoms with Gasteiger partial charge in [0, 0.05) is 6.54 Å². The van der Waals surface area contributed by atoms with Crippen LogP contribution in [0.5, 0.6) is 0 Å². The van der Waals surface area contributed by atoms with E-state index in [2.05, 4.69) is 10.2 Å². The summed E-state index contributed by atoms with van der Waals surface area (Å²) in [6.45, 7) is -0.120. The third kappa shape index (κ3) is 1.67. The minimum atomic E-state index is -1.28. The lowest BCUT2D eigenvalue weighted by atomic mass is 10.1. The monoisotopic (exact) mass is 197 g/mol. The van der Waals surface area contributed by atoms with Crippen LogP contribution in [0.1, 0.15) is 17.4 Å². The van der Waals surface area contributed by atoms with Gasteiger partial charge in [-0.05, 0) is 0 Å². The maximum atomic E-state index is 9.51. The molecule has 0 spiro atoms. The molecule has 7 nitrogen and oxygen atoms in total. The Kier molecular flexibility index (Phi) is 3.03. The molecule has 0 saturated carbocycles. The number of anilines is 1. The van der Waals surface area contributed by atoms with Gasteiger partial charge in [0.2, 0.25) is 0 Å². The number of aromatic amines is 1. The minimum Gasteiger partial charge on any atom is -0.389 e. The standard InChI is InChI=1S/C7H11N5O2/c8-1-3-5(11-12-7(3)10)6(14)4(13)2-9/h4,6,13-14H,2,9H2,(H3,10,11,12).